The number of benzene rings is 3. The second kappa shape index (κ2) is 10.0. The standard InChI is InChI=1S/C28H28N4O3/c1-35-22-10-6-9-21(15-22)31-28(34)26(14-20-17-29-24-12-5-4-11-23(20)24)32-27(33)25-13-18-7-2-3-8-19(18)16-30-25/h2-12,15,17,25-26,29-30H,13-14,16H2,1H3,(H,31,34)(H,32,33)/t25-,26-/m0/s1. The van der Waals surface area contributed by atoms with Crippen LogP contribution in [-0.2, 0) is 29.0 Å². The van der Waals surface area contributed by atoms with E-state index in [4.69, 9.17) is 4.74 Å². The van der Waals surface area contributed by atoms with Crippen LogP contribution in [0.3, 0.4) is 0 Å². The second-order valence-corrected chi connectivity index (χ2v) is 8.75. The number of fused-ring (bicyclic) bond motifs is 2. The summed E-state index contributed by atoms with van der Waals surface area (Å²) in [6.45, 7) is 0.622. The minimum atomic E-state index is -0.758. The Morgan fingerprint density at radius 2 is 1.83 bits per heavy atom. The summed E-state index contributed by atoms with van der Waals surface area (Å²) in [6, 6.07) is 22.1. The number of hydrogen-bond acceptors (Lipinski definition) is 4. The molecule has 1 aliphatic heterocycles. The maximum Gasteiger partial charge on any atom is 0.247 e. The summed E-state index contributed by atoms with van der Waals surface area (Å²) < 4.78 is 5.27. The highest BCUT2D eigenvalue weighted by Crippen LogP contribution is 2.22. The molecule has 0 spiro atoms. The van der Waals surface area contributed by atoms with Crippen LogP contribution in [0.4, 0.5) is 5.69 Å². The van der Waals surface area contributed by atoms with Gasteiger partial charge in [-0.15, -0.1) is 0 Å². The van der Waals surface area contributed by atoms with E-state index in [9.17, 15) is 9.59 Å². The molecule has 2 amide bonds. The first-order valence-corrected chi connectivity index (χ1v) is 11.7. The normalized spacial score (nSPS) is 15.7. The number of para-hydroxylation sites is 1. The van der Waals surface area contributed by atoms with Crippen LogP contribution in [-0.4, -0.2) is 36.0 Å². The highest BCUT2D eigenvalue weighted by atomic mass is 16.5. The van der Waals surface area contributed by atoms with Gasteiger partial charge in [-0.2, -0.15) is 0 Å². The first kappa shape index (κ1) is 22.7. The smallest absolute Gasteiger partial charge is 0.247 e. The molecule has 7 nitrogen and oxygen atoms in total. The van der Waals surface area contributed by atoms with E-state index in [1.54, 1.807) is 19.2 Å². The number of aromatic amines is 1. The number of ether oxygens (including phenoxy) is 1. The van der Waals surface area contributed by atoms with Crippen LogP contribution < -0.4 is 20.7 Å². The number of carbonyl (C=O) groups is 2. The molecule has 7 heteroatoms. The summed E-state index contributed by atoms with van der Waals surface area (Å²) in [5.41, 5.74) is 4.92. The number of H-pyrrole nitrogens is 1. The molecule has 1 aromatic heterocycles. The third-order valence-corrected chi connectivity index (χ3v) is 6.47. The lowest BCUT2D eigenvalue weighted by molar-refractivity contribution is -0.128. The van der Waals surface area contributed by atoms with E-state index < -0.39 is 12.1 Å². The van der Waals surface area contributed by atoms with Crippen LogP contribution in [0.1, 0.15) is 16.7 Å². The molecule has 1 aliphatic rings. The van der Waals surface area contributed by atoms with Crippen molar-refractivity contribution < 1.29 is 14.3 Å². The number of methoxy groups -OCH3 is 1. The zero-order valence-corrected chi connectivity index (χ0v) is 19.5. The van der Waals surface area contributed by atoms with Crippen LogP contribution >= 0.6 is 0 Å². The van der Waals surface area contributed by atoms with E-state index in [0.29, 0.717) is 30.8 Å². The Morgan fingerprint density at radius 3 is 2.69 bits per heavy atom. The summed E-state index contributed by atoms with van der Waals surface area (Å²) in [5, 5.41) is 10.3. The number of rotatable bonds is 7. The van der Waals surface area contributed by atoms with Gasteiger partial charge < -0.3 is 25.7 Å². The molecule has 3 aromatic carbocycles. The molecule has 0 bridgehead atoms. The van der Waals surface area contributed by atoms with E-state index in [1.807, 2.05) is 54.7 Å². The van der Waals surface area contributed by atoms with Crippen molar-refractivity contribution in [1.82, 2.24) is 15.6 Å². The molecule has 2 atom stereocenters. The molecule has 35 heavy (non-hydrogen) atoms. The Bertz CT molecular complexity index is 1360. The summed E-state index contributed by atoms with van der Waals surface area (Å²) in [5.74, 6) is 0.170. The van der Waals surface area contributed by atoms with Gasteiger partial charge in [0.15, 0.2) is 0 Å². The van der Waals surface area contributed by atoms with Gasteiger partial charge >= 0.3 is 0 Å². The zero-order valence-electron chi connectivity index (χ0n) is 19.5. The number of hydrogen-bond donors (Lipinski definition) is 4. The number of aromatic nitrogens is 1. The highest BCUT2D eigenvalue weighted by molar-refractivity contribution is 5.98. The molecule has 0 fully saturated rings. The molecule has 4 aromatic rings. The number of anilines is 1. The molecule has 0 aliphatic carbocycles. The van der Waals surface area contributed by atoms with Crippen molar-refractivity contribution in [2.45, 2.75) is 31.5 Å². The molecule has 4 N–H and O–H groups in total. The highest BCUT2D eigenvalue weighted by Gasteiger charge is 2.29. The molecule has 0 saturated carbocycles. The van der Waals surface area contributed by atoms with Gasteiger partial charge in [0.1, 0.15) is 11.8 Å². The molecular weight excluding hydrogens is 440 g/mol. The molecule has 0 radical (unpaired) electrons. The minimum Gasteiger partial charge on any atom is -0.497 e. The van der Waals surface area contributed by atoms with Crippen molar-refractivity contribution in [2.75, 3.05) is 12.4 Å². The van der Waals surface area contributed by atoms with Crippen LogP contribution in [0, 0.1) is 0 Å². The third-order valence-electron chi connectivity index (χ3n) is 6.47. The molecule has 5 rings (SSSR count). The fourth-order valence-corrected chi connectivity index (χ4v) is 4.57. The summed E-state index contributed by atoms with van der Waals surface area (Å²) in [7, 11) is 1.58. The predicted molar refractivity (Wildman–Crippen MR) is 136 cm³/mol. The number of nitrogens with one attached hydrogen (secondary N) is 4. The van der Waals surface area contributed by atoms with Crippen LogP contribution in [0.5, 0.6) is 5.75 Å². The fraction of sp³-hybridized carbons (Fsp3) is 0.214. The van der Waals surface area contributed by atoms with Gasteiger partial charge in [-0.05, 0) is 41.3 Å². The van der Waals surface area contributed by atoms with Gasteiger partial charge in [0.05, 0.1) is 13.2 Å². The van der Waals surface area contributed by atoms with Gasteiger partial charge in [0, 0.05) is 41.8 Å². The van der Waals surface area contributed by atoms with E-state index in [1.165, 1.54) is 5.56 Å². The molecule has 2 heterocycles. The number of carbonyl (C=O) groups excluding carboxylic acids is 2. The quantitative estimate of drug-likeness (QED) is 0.334. The maximum absolute atomic E-state index is 13.4. The van der Waals surface area contributed by atoms with Crippen molar-refractivity contribution in [3.8, 4) is 5.75 Å². The van der Waals surface area contributed by atoms with Crippen molar-refractivity contribution in [1.29, 1.82) is 0 Å². The molecular formula is C28H28N4O3. The van der Waals surface area contributed by atoms with Gasteiger partial charge in [-0.25, -0.2) is 0 Å². The first-order chi connectivity index (χ1) is 17.1. The largest absolute Gasteiger partial charge is 0.497 e. The van der Waals surface area contributed by atoms with Crippen LogP contribution in [0.25, 0.3) is 10.9 Å². The second-order valence-electron chi connectivity index (χ2n) is 8.75. The van der Waals surface area contributed by atoms with Gasteiger partial charge in [0.2, 0.25) is 11.8 Å². The van der Waals surface area contributed by atoms with Gasteiger partial charge in [0.25, 0.3) is 0 Å². The average molecular weight is 469 g/mol. The summed E-state index contributed by atoms with van der Waals surface area (Å²) in [4.78, 5) is 29.9. The summed E-state index contributed by atoms with van der Waals surface area (Å²) in [6.07, 6.45) is 2.84. The lowest BCUT2D eigenvalue weighted by atomic mass is 9.95. The average Bonchev–Trinajstić information content (AvgIpc) is 3.30. The fourth-order valence-electron chi connectivity index (χ4n) is 4.57. The SMILES string of the molecule is COc1cccc(NC(=O)[C@H](Cc2c[nH]c3ccccc23)NC(=O)[C@@H]2Cc3ccccc3CN2)c1. The predicted octanol–water partition coefficient (Wildman–Crippen LogP) is 3.56. The van der Waals surface area contributed by atoms with E-state index in [0.717, 1.165) is 22.0 Å². The van der Waals surface area contributed by atoms with Gasteiger partial charge in [-0.3, -0.25) is 9.59 Å². The van der Waals surface area contributed by atoms with Crippen molar-refractivity contribution in [3.63, 3.8) is 0 Å². The van der Waals surface area contributed by atoms with Crippen LogP contribution in [0.2, 0.25) is 0 Å². The van der Waals surface area contributed by atoms with E-state index in [2.05, 4.69) is 33.1 Å². The molecule has 178 valence electrons. The Hall–Kier alpha value is -4.10. The lowest BCUT2D eigenvalue weighted by Gasteiger charge is -2.27. The Labute approximate surface area is 203 Å². The summed E-state index contributed by atoms with van der Waals surface area (Å²) >= 11 is 0. The third kappa shape index (κ3) is 5.05. The lowest BCUT2D eigenvalue weighted by Crippen LogP contribution is -2.53. The minimum absolute atomic E-state index is 0.190. The Morgan fingerprint density at radius 1 is 1.03 bits per heavy atom. The number of amides is 2. The topological polar surface area (TPSA) is 95.2 Å². The van der Waals surface area contributed by atoms with Crippen molar-refractivity contribution in [2.24, 2.45) is 0 Å². The van der Waals surface area contributed by atoms with E-state index in [-0.39, 0.29) is 11.8 Å². The van der Waals surface area contributed by atoms with Crippen LogP contribution in [0.15, 0.2) is 79.0 Å². The Kier molecular flexibility index (Phi) is 6.50. The molecule has 0 unspecified atom stereocenters. The maximum atomic E-state index is 13.4. The van der Waals surface area contributed by atoms with E-state index >= 15 is 0 Å². The van der Waals surface area contributed by atoms with Crippen molar-refractivity contribution in [3.05, 3.63) is 95.7 Å². The monoisotopic (exact) mass is 468 g/mol. The first-order valence-electron chi connectivity index (χ1n) is 11.7. The van der Waals surface area contributed by atoms with Gasteiger partial charge in [-0.1, -0.05) is 48.5 Å². The molecule has 0 saturated heterocycles. The van der Waals surface area contributed by atoms with Crippen molar-refractivity contribution >= 4 is 28.4 Å². The zero-order chi connectivity index (χ0) is 24.2. The Balaban J connectivity index is 1.37.